The van der Waals surface area contributed by atoms with Crippen molar-refractivity contribution in [3.63, 3.8) is 0 Å². The van der Waals surface area contributed by atoms with Gasteiger partial charge in [-0.15, -0.1) is 0 Å². The molecule has 0 radical (unpaired) electrons. The number of hydrogen-bond acceptors (Lipinski definition) is 20. The minimum absolute atomic E-state index is 0. The molecule has 0 atom stereocenters. The molecule has 0 N–H and O–H groups in total. The molecule has 0 saturated carbocycles. The number of phosphoric ester groups is 5. The van der Waals surface area contributed by atoms with Crippen LogP contribution in [0.1, 0.15) is 412 Å². The molecule has 772 valence electrons. The largest absolute Gasteiger partial charge is 1.00 e. The van der Waals surface area contributed by atoms with E-state index in [4.69, 9.17) is 45.2 Å². The first-order valence-electron chi connectivity index (χ1n) is 49.5. The van der Waals surface area contributed by atoms with Gasteiger partial charge < -0.3 is 69.7 Å². The van der Waals surface area contributed by atoms with E-state index in [0.717, 1.165) is 156 Å². The molecule has 0 aliphatic carbocycles. The Bertz CT molecular complexity index is 6420. The first-order chi connectivity index (χ1) is 64.6. The second-order valence-corrected chi connectivity index (χ2v) is 55.5. The molecule has 0 bridgehead atoms. The summed E-state index contributed by atoms with van der Waals surface area (Å²) >= 11 is 0. The quantitative estimate of drug-likeness (QED) is 0.117. The van der Waals surface area contributed by atoms with Crippen molar-refractivity contribution in [3.05, 3.63) is 288 Å². The van der Waals surface area contributed by atoms with Crippen molar-refractivity contribution in [2.75, 3.05) is 0 Å². The first-order valence-corrected chi connectivity index (χ1v) is 56.9. The molecule has 10 aromatic carbocycles. The maximum Gasteiger partial charge on any atom is 1.00 e. The summed E-state index contributed by atoms with van der Waals surface area (Å²) in [5, 5.41) is 0. The number of phosphoric acid groups is 5. The van der Waals surface area contributed by atoms with E-state index in [1.54, 1.807) is 0 Å². The van der Waals surface area contributed by atoms with Gasteiger partial charge in [-0.05, 0) is 245 Å². The monoisotopic (exact) mass is 2070 g/mol. The summed E-state index contributed by atoms with van der Waals surface area (Å²) in [6.45, 7) is 83.1. The Morgan fingerprint density at radius 1 is 0.204 bits per heavy atom. The second kappa shape index (κ2) is 47.4. The fourth-order valence-corrected chi connectivity index (χ4v) is 23.3. The van der Waals surface area contributed by atoms with Gasteiger partial charge in [0, 0.05) is 54.4 Å². The zero-order valence-corrected chi connectivity index (χ0v) is 101. The van der Waals surface area contributed by atoms with Gasteiger partial charge in [0.2, 0.25) is 0 Å². The standard InChI is InChI=1S/C29H43O4P.C25H35O4P.2C23H31O4P.C17H19O4P.5Li/c1-26(2,3)20-14-18-13-19-15-21(27(4,5)6)17-23(29(10,11)12)25(19)33-34(30,31)32-24(18)22(16-20)28(7,8)9;1-14(2)18-9-20-11-21-10-19(15(3)4)13-23(17(7)8)25(21)29-30(26,27)28-24(20)22(12-18)16(5)6;1-14-9-18(22(3,4)5)12-16-11-17-13-19(23(6,7)8)10-15(2)21(17)27-28(24,25)26-20(14)16;1-14-9-16-13-17-10-15(2)12-19(23(6,7)8)21(17)27-28(24,25)26-20(16)18(11-14)22(3,4)5;1-10-5-12(3)16-14(7-10)9-15-8-11(2)6-13(4)17(15)21-22(18,19)20-16;;;;;/h14-17H,13H2,1-12H3,(H,30,31);9-10,12-17H,11H2,1-8H3,(H,26,27);9-10,12-13H,11H2,1-8H3,(H,24,25);9-12H,13H2,1-8H3,(H,24,25);5-8H,9H2,1-4H3,(H,18,19);;;;;/q;;;;;5*+1/p-5. The number of hydrogen-bond donors (Lipinski definition) is 0. The molecular weight excluding hydrogens is 1910 g/mol. The van der Waals surface area contributed by atoms with Crippen molar-refractivity contribution in [2.45, 2.75) is 376 Å². The molecule has 15 rings (SSSR count). The minimum atomic E-state index is -4.68. The zero-order valence-electron chi connectivity index (χ0n) is 96.8. The van der Waals surface area contributed by atoms with Crippen LogP contribution in [0, 0.1) is 55.4 Å². The maximum atomic E-state index is 13.3. The van der Waals surface area contributed by atoms with Crippen molar-refractivity contribution in [2.24, 2.45) is 0 Å². The van der Waals surface area contributed by atoms with E-state index in [1.807, 2.05) is 116 Å². The van der Waals surface area contributed by atoms with Crippen molar-refractivity contribution in [1.82, 2.24) is 0 Å². The average molecular weight is 2070 g/mol. The third-order valence-electron chi connectivity index (χ3n) is 26.3. The van der Waals surface area contributed by atoms with Crippen LogP contribution in [-0.2, 0) is 98.2 Å². The van der Waals surface area contributed by atoms with E-state index in [2.05, 4.69) is 282 Å². The Labute approximate surface area is 939 Å². The molecular formula is C117H154Li5O20P5. The molecule has 0 fully saturated rings. The van der Waals surface area contributed by atoms with Crippen molar-refractivity contribution in [1.29, 1.82) is 0 Å². The molecule has 5 aliphatic heterocycles. The van der Waals surface area contributed by atoms with E-state index >= 15 is 0 Å². The van der Waals surface area contributed by atoms with E-state index in [9.17, 15) is 47.3 Å². The van der Waals surface area contributed by atoms with Crippen molar-refractivity contribution in [3.8, 4) is 57.5 Å². The number of rotatable bonds is 4. The zero-order chi connectivity index (χ0) is 107. The Morgan fingerprint density at radius 3 is 0.585 bits per heavy atom. The first kappa shape index (κ1) is 130. The molecule has 5 aliphatic rings. The molecule has 0 aromatic heterocycles. The third-order valence-corrected chi connectivity index (χ3v) is 30.4. The van der Waals surface area contributed by atoms with Gasteiger partial charge in [-0.25, -0.2) is 22.8 Å². The number of aryl methyl sites for hydroxylation is 8. The van der Waals surface area contributed by atoms with Crippen LogP contribution in [0.25, 0.3) is 0 Å². The van der Waals surface area contributed by atoms with Gasteiger partial charge in [0.15, 0.2) is 0 Å². The van der Waals surface area contributed by atoms with E-state index in [1.165, 1.54) is 11.1 Å². The van der Waals surface area contributed by atoms with E-state index in [-0.39, 0.29) is 149 Å². The summed E-state index contributed by atoms with van der Waals surface area (Å²) in [6, 6.07) is 40.6. The van der Waals surface area contributed by atoms with Crippen LogP contribution in [0.15, 0.2) is 121 Å². The Hall–Kier alpha value is -5.86. The van der Waals surface area contributed by atoms with Crippen molar-refractivity contribution >= 4 is 39.1 Å². The van der Waals surface area contributed by atoms with Gasteiger partial charge >= 0.3 is 133 Å². The Morgan fingerprint density at radius 2 is 0.374 bits per heavy atom. The van der Waals surface area contributed by atoms with E-state index < -0.39 is 39.1 Å². The summed E-state index contributed by atoms with van der Waals surface area (Å²) in [5.41, 5.74) is 27.2. The maximum absolute atomic E-state index is 13.3. The second-order valence-electron chi connectivity index (χ2n) is 49.2. The molecule has 0 spiro atoms. The normalized spacial score (nSPS) is 15.5. The van der Waals surface area contributed by atoms with E-state index in [0.29, 0.717) is 101 Å². The van der Waals surface area contributed by atoms with Crippen LogP contribution in [0.4, 0.5) is 0 Å². The Kier molecular flexibility index (Phi) is 41.9. The number of fused-ring (bicyclic) bond motifs is 10. The fraction of sp³-hybridized carbons (Fsp3) is 0.487. The summed E-state index contributed by atoms with van der Waals surface area (Å²) in [7, 11) is -22.9. The molecule has 0 unspecified atom stereocenters. The van der Waals surface area contributed by atoms with Crippen LogP contribution in [0.5, 0.6) is 57.5 Å². The summed E-state index contributed by atoms with van der Waals surface area (Å²) in [6.07, 6.45) is 2.80. The molecule has 0 saturated heterocycles. The third kappa shape index (κ3) is 32.2. The molecule has 147 heavy (non-hydrogen) atoms. The van der Waals surface area contributed by atoms with Crippen LogP contribution in [0.2, 0.25) is 0 Å². The van der Waals surface area contributed by atoms with Gasteiger partial charge in [-0.2, -0.15) is 0 Å². The van der Waals surface area contributed by atoms with Gasteiger partial charge in [-0.1, -0.05) is 365 Å². The Balaban J connectivity index is 0.000000280. The van der Waals surface area contributed by atoms with Crippen LogP contribution in [-0.4, -0.2) is 0 Å². The van der Waals surface area contributed by atoms with Gasteiger partial charge in [0.25, 0.3) is 0 Å². The smallest absolute Gasteiger partial charge is 0.736 e. The topological polar surface area (TPSA) is 293 Å². The molecule has 10 aromatic rings. The van der Waals surface area contributed by atoms with Crippen LogP contribution in [0.3, 0.4) is 0 Å². The van der Waals surface area contributed by atoms with Gasteiger partial charge in [-0.3, -0.25) is 0 Å². The predicted molar refractivity (Wildman–Crippen MR) is 567 cm³/mol. The summed E-state index contributed by atoms with van der Waals surface area (Å²) in [4.78, 5) is 63.8. The minimum Gasteiger partial charge on any atom is -0.736 e. The van der Waals surface area contributed by atoms with Crippen molar-refractivity contribution < 1.29 is 187 Å². The SMILES string of the molecule is CC(C)(C)c1cc2c(c(C(C)(C)C)c1)OP(=O)([O-])Oc1c(cc(C(C)(C)C)cc1C(C)(C)C)C2.CC(C)c1cc2c(c(C(C)C)c1)OP(=O)([O-])Oc1c(cc(C(C)C)cc1C(C)C)C2.Cc1cc(C(C)(C)C)cc2c1OP(=O)([O-])Oc1c(C)cc(C(C)(C)C)cc1C2.Cc1cc(C)c2c(c1)Cc1cc(C)cc(C)c1OP(=O)([O-])O2.Cc1cc2c(c(C(C)(C)C)c1)OP(=O)([O-])Oc1c(cc(C)cc1C(C)(C)C)C2.[Li+].[Li+].[Li+].[Li+].[Li+]. The van der Waals surface area contributed by atoms with Crippen LogP contribution >= 0.6 is 39.1 Å². The van der Waals surface area contributed by atoms with Gasteiger partial charge in [0.1, 0.15) is 57.5 Å². The molecule has 30 heteroatoms. The van der Waals surface area contributed by atoms with Crippen LogP contribution < -0.4 is 164 Å². The number of benzene rings is 10. The average Bonchev–Trinajstić information content (AvgIpc) is 0.746. The molecule has 5 heterocycles. The molecule has 0 amide bonds. The molecule has 20 nitrogen and oxygen atoms in total. The fourth-order valence-electron chi connectivity index (χ4n) is 18.5. The predicted octanol–water partition coefficient (Wildman–Crippen LogP) is 14.9. The summed E-state index contributed by atoms with van der Waals surface area (Å²) in [5.74, 6) is 4.94. The van der Waals surface area contributed by atoms with Gasteiger partial charge in [0.05, 0.1) is 0 Å². The summed E-state index contributed by atoms with van der Waals surface area (Å²) < 4.78 is 119.